The summed E-state index contributed by atoms with van der Waals surface area (Å²) in [5.74, 6) is 1.06. The molecule has 2 fully saturated rings. The molecule has 0 spiro atoms. The predicted molar refractivity (Wildman–Crippen MR) is 119 cm³/mol. The maximum atomic E-state index is 12.8. The summed E-state index contributed by atoms with van der Waals surface area (Å²) in [6, 6.07) is 10.1. The molecule has 1 unspecified atom stereocenters. The van der Waals surface area contributed by atoms with Crippen LogP contribution in [0.3, 0.4) is 0 Å². The summed E-state index contributed by atoms with van der Waals surface area (Å²) in [5, 5.41) is 9.80. The Morgan fingerprint density at radius 2 is 1.97 bits per heavy atom. The molecule has 0 aromatic carbocycles. The highest BCUT2D eigenvalue weighted by Crippen LogP contribution is 2.39. The number of aryl methyl sites for hydroxylation is 1. The first-order valence-electron chi connectivity index (χ1n) is 11.0. The first kappa shape index (κ1) is 20.8. The van der Waals surface area contributed by atoms with E-state index in [2.05, 4.69) is 36.7 Å². The van der Waals surface area contributed by atoms with Gasteiger partial charge in [-0.25, -0.2) is 4.98 Å². The molecule has 0 saturated carbocycles. The highest BCUT2D eigenvalue weighted by atomic mass is 16.3. The number of rotatable bonds is 5. The van der Waals surface area contributed by atoms with E-state index in [0.29, 0.717) is 13.0 Å². The largest absolute Gasteiger partial charge is 0.393 e. The zero-order valence-electron chi connectivity index (χ0n) is 18.2. The van der Waals surface area contributed by atoms with E-state index >= 15 is 0 Å². The zero-order chi connectivity index (χ0) is 21.3. The van der Waals surface area contributed by atoms with Crippen molar-refractivity contribution in [1.82, 2.24) is 9.97 Å². The van der Waals surface area contributed by atoms with Gasteiger partial charge in [-0.05, 0) is 49.4 Å². The third-order valence-electron chi connectivity index (χ3n) is 6.81. The number of nitrogens with zero attached hydrogens (tertiary/aromatic N) is 4. The van der Waals surface area contributed by atoms with Crippen molar-refractivity contribution in [3.63, 3.8) is 0 Å². The minimum absolute atomic E-state index is 0.134. The van der Waals surface area contributed by atoms with Gasteiger partial charge in [0.2, 0.25) is 5.91 Å². The molecule has 2 aliphatic rings. The Bertz CT molecular complexity index is 906. The minimum atomic E-state index is -0.238. The van der Waals surface area contributed by atoms with Crippen molar-refractivity contribution >= 4 is 17.4 Å². The molecule has 6 heteroatoms. The normalized spacial score (nSPS) is 20.8. The Kier molecular flexibility index (Phi) is 5.78. The van der Waals surface area contributed by atoms with Crippen LogP contribution in [-0.4, -0.2) is 46.7 Å². The Morgan fingerprint density at radius 1 is 1.20 bits per heavy atom. The first-order chi connectivity index (χ1) is 14.4. The predicted octanol–water partition coefficient (Wildman–Crippen LogP) is 3.33. The van der Waals surface area contributed by atoms with Gasteiger partial charge >= 0.3 is 0 Å². The maximum Gasteiger partial charge on any atom is 0.228 e. The molecule has 2 aliphatic heterocycles. The molecule has 2 aromatic heterocycles. The maximum absolute atomic E-state index is 12.8. The topological polar surface area (TPSA) is 69.6 Å². The van der Waals surface area contributed by atoms with Gasteiger partial charge in [0, 0.05) is 54.7 Å². The van der Waals surface area contributed by atoms with Crippen molar-refractivity contribution in [2.75, 3.05) is 29.4 Å². The molecule has 2 aromatic rings. The van der Waals surface area contributed by atoms with Gasteiger partial charge in [-0.2, -0.15) is 0 Å². The number of hydrogen-bond acceptors (Lipinski definition) is 5. The van der Waals surface area contributed by atoms with E-state index in [0.717, 1.165) is 55.2 Å². The zero-order valence-corrected chi connectivity index (χ0v) is 18.2. The lowest BCUT2D eigenvalue weighted by atomic mass is 9.75. The Labute approximate surface area is 179 Å². The Hall–Kier alpha value is -2.47. The van der Waals surface area contributed by atoms with Crippen molar-refractivity contribution in [2.24, 2.45) is 5.92 Å². The van der Waals surface area contributed by atoms with Gasteiger partial charge in [0.05, 0.1) is 6.10 Å². The molecule has 1 N–H and O–H groups in total. The van der Waals surface area contributed by atoms with Crippen molar-refractivity contribution < 1.29 is 9.90 Å². The van der Waals surface area contributed by atoms with Crippen LogP contribution in [-0.2, 0) is 16.6 Å². The fourth-order valence-electron chi connectivity index (χ4n) is 4.53. The third kappa shape index (κ3) is 4.06. The quantitative estimate of drug-likeness (QED) is 0.822. The molecule has 0 radical (unpaired) electrons. The second-order valence-corrected chi connectivity index (χ2v) is 9.09. The molecule has 30 heavy (non-hydrogen) atoms. The summed E-state index contributed by atoms with van der Waals surface area (Å²) in [4.78, 5) is 26.3. The number of pyridine rings is 2. The standard InChI is InChI=1S/C24H32N4O2/c1-4-18-6-5-7-22(26-18)28-16-17(14-23(28)30)24(2,3)21-15-19(8-11-25-21)27-12-9-20(29)10-13-27/h5-8,11,15,17,20,29H,4,9-10,12-14,16H2,1-3H3. The summed E-state index contributed by atoms with van der Waals surface area (Å²) in [7, 11) is 0. The monoisotopic (exact) mass is 408 g/mol. The molecule has 1 amide bonds. The lowest BCUT2D eigenvalue weighted by Crippen LogP contribution is -2.36. The smallest absolute Gasteiger partial charge is 0.228 e. The summed E-state index contributed by atoms with van der Waals surface area (Å²) in [5.41, 5.74) is 2.93. The van der Waals surface area contributed by atoms with Gasteiger partial charge in [0.15, 0.2) is 0 Å². The SMILES string of the molecule is CCc1cccc(N2CC(C(C)(C)c3cc(N4CCC(O)CC4)ccn3)CC2=O)n1. The van der Waals surface area contributed by atoms with Gasteiger partial charge in [0.1, 0.15) is 5.82 Å². The van der Waals surface area contributed by atoms with Crippen LogP contribution >= 0.6 is 0 Å². The molecular weight excluding hydrogens is 376 g/mol. The highest BCUT2D eigenvalue weighted by molar-refractivity contribution is 5.95. The van der Waals surface area contributed by atoms with E-state index in [1.807, 2.05) is 35.4 Å². The molecule has 1 atom stereocenters. The van der Waals surface area contributed by atoms with Crippen LogP contribution in [0.5, 0.6) is 0 Å². The Morgan fingerprint density at radius 3 is 2.70 bits per heavy atom. The number of carbonyl (C=O) groups excluding carboxylic acids is 1. The van der Waals surface area contributed by atoms with Crippen LogP contribution < -0.4 is 9.80 Å². The van der Waals surface area contributed by atoms with Crippen LogP contribution in [0.4, 0.5) is 11.5 Å². The van der Waals surface area contributed by atoms with Crippen LogP contribution in [0.2, 0.25) is 0 Å². The van der Waals surface area contributed by atoms with E-state index < -0.39 is 0 Å². The molecule has 4 heterocycles. The fraction of sp³-hybridized carbons (Fsp3) is 0.542. The third-order valence-corrected chi connectivity index (χ3v) is 6.81. The lowest BCUT2D eigenvalue weighted by Gasteiger charge is -2.34. The van der Waals surface area contributed by atoms with Gasteiger partial charge in [-0.1, -0.05) is 26.8 Å². The number of anilines is 2. The fourth-order valence-corrected chi connectivity index (χ4v) is 4.53. The van der Waals surface area contributed by atoms with E-state index in [-0.39, 0.29) is 23.3 Å². The van der Waals surface area contributed by atoms with Crippen LogP contribution in [0.25, 0.3) is 0 Å². The number of carbonyl (C=O) groups is 1. The van der Waals surface area contributed by atoms with Gasteiger partial charge in [-0.15, -0.1) is 0 Å². The molecule has 4 rings (SSSR count). The number of amides is 1. The van der Waals surface area contributed by atoms with Crippen molar-refractivity contribution in [1.29, 1.82) is 0 Å². The average Bonchev–Trinajstić information content (AvgIpc) is 3.17. The van der Waals surface area contributed by atoms with Gasteiger partial charge in [-0.3, -0.25) is 14.7 Å². The number of aromatic nitrogens is 2. The molecular formula is C24H32N4O2. The molecule has 160 valence electrons. The number of aliphatic hydroxyl groups excluding tert-OH is 1. The van der Waals surface area contributed by atoms with E-state index in [4.69, 9.17) is 4.98 Å². The molecule has 6 nitrogen and oxygen atoms in total. The second-order valence-electron chi connectivity index (χ2n) is 9.09. The van der Waals surface area contributed by atoms with Crippen LogP contribution in [0, 0.1) is 5.92 Å². The van der Waals surface area contributed by atoms with Crippen molar-refractivity contribution in [3.8, 4) is 0 Å². The minimum Gasteiger partial charge on any atom is -0.393 e. The van der Waals surface area contributed by atoms with E-state index in [9.17, 15) is 9.90 Å². The Balaban J connectivity index is 1.53. The molecule has 0 aliphatic carbocycles. The lowest BCUT2D eigenvalue weighted by molar-refractivity contribution is -0.117. The summed E-state index contributed by atoms with van der Waals surface area (Å²) >= 11 is 0. The highest BCUT2D eigenvalue weighted by Gasteiger charge is 2.42. The summed E-state index contributed by atoms with van der Waals surface area (Å²) < 4.78 is 0. The first-order valence-corrected chi connectivity index (χ1v) is 11.0. The second kappa shape index (κ2) is 8.34. The molecule has 2 saturated heterocycles. The van der Waals surface area contributed by atoms with E-state index in [1.165, 1.54) is 0 Å². The van der Waals surface area contributed by atoms with Crippen LogP contribution in [0.1, 0.15) is 51.4 Å². The van der Waals surface area contributed by atoms with Gasteiger partial charge < -0.3 is 10.0 Å². The van der Waals surface area contributed by atoms with E-state index in [1.54, 1.807) is 0 Å². The number of aliphatic hydroxyl groups is 1. The van der Waals surface area contributed by atoms with Crippen molar-refractivity contribution in [2.45, 2.75) is 58.0 Å². The van der Waals surface area contributed by atoms with Gasteiger partial charge in [0.25, 0.3) is 0 Å². The summed E-state index contributed by atoms with van der Waals surface area (Å²) in [6.45, 7) is 8.84. The molecule has 0 bridgehead atoms. The average molecular weight is 409 g/mol. The van der Waals surface area contributed by atoms with Crippen LogP contribution in [0.15, 0.2) is 36.5 Å². The summed E-state index contributed by atoms with van der Waals surface area (Å²) in [6.07, 6.45) is 4.66. The van der Waals surface area contributed by atoms with Crippen molar-refractivity contribution in [3.05, 3.63) is 47.9 Å². The number of piperidine rings is 1. The number of hydrogen-bond donors (Lipinski definition) is 1.